The van der Waals surface area contributed by atoms with Gasteiger partial charge in [0, 0.05) is 13.1 Å². The molecule has 118 valence electrons. The van der Waals surface area contributed by atoms with Gasteiger partial charge in [0.25, 0.3) is 0 Å². The Kier molecular flexibility index (Phi) is 3.91. The minimum atomic E-state index is -0.890. The molecule has 1 saturated heterocycles. The molecule has 0 spiro atoms. The zero-order chi connectivity index (χ0) is 15.7. The standard InChI is InChI=1S/C17H21NO4/c1-12-4-2-3-5-14(12)17(6-7-17)16(21)18-8-9-22-13(11-18)10-15(19)20/h2-5,13H,6-11H2,1H3,(H,19,20)/t13-/m1/s1. The number of carboxylic acids is 1. The number of hydrogen-bond acceptors (Lipinski definition) is 3. The van der Waals surface area contributed by atoms with Crippen molar-refractivity contribution in [2.24, 2.45) is 0 Å². The first-order valence-corrected chi connectivity index (χ1v) is 7.72. The molecule has 1 aliphatic carbocycles. The molecule has 0 unspecified atom stereocenters. The van der Waals surface area contributed by atoms with Crippen molar-refractivity contribution in [1.29, 1.82) is 0 Å². The minimum Gasteiger partial charge on any atom is -0.481 e. The number of rotatable bonds is 4. The SMILES string of the molecule is Cc1ccccc1C1(C(=O)N2CCO[C@H](CC(=O)O)C2)CC1. The topological polar surface area (TPSA) is 66.8 Å². The number of benzene rings is 1. The number of carbonyl (C=O) groups excluding carboxylic acids is 1. The van der Waals surface area contributed by atoms with Crippen LogP contribution >= 0.6 is 0 Å². The van der Waals surface area contributed by atoms with Crippen LogP contribution in [0.15, 0.2) is 24.3 Å². The zero-order valence-corrected chi connectivity index (χ0v) is 12.7. The van der Waals surface area contributed by atoms with Gasteiger partial charge in [-0.05, 0) is 30.9 Å². The lowest BCUT2D eigenvalue weighted by molar-refractivity contribution is -0.149. The van der Waals surface area contributed by atoms with Gasteiger partial charge < -0.3 is 14.7 Å². The summed E-state index contributed by atoms with van der Waals surface area (Å²) in [6, 6.07) is 8.03. The first-order valence-electron chi connectivity index (χ1n) is 7.72. The van der Waals surface area contributed by atoms with Gasteiger partial charge in [0.05, 0.1) is 24.5 Å². The molecule has 1 saturated carbocycles. The van der Waals surface area contributed by atoms with Crippen molar-refractivity contribution in [1.82, 2.24) is 4.90 Å². The summed E-state index contributed by atoms with van der Waals surface area (Å²) in [7, 11) is 0. The third-order valence-electron chi connectivity index (χ3n) is 4.65. The number of carbonyl (C=O) groups is 2. The molecule has 1 N–H and O–H groups in total. The Balaban J connectivity index is 1.76. The number of aryl methyl sites for hydroxylation is 1. The van der Waals surface area contributed by atoms with Crippen LogP contribution in [-0.4, -0.2) is 47.7 Å². The Morgan fingerprint density at radius 1 is 1.36 bits per heavy atom. The summed E-state index contributed by atoms with van der Waals surface area (Å²) in [5.41, 5.74) is 1.86. The monoisotopic (exact) mass is 303 g/mol. The summed E-state index contributed by atoms with van der Waals surface area (Å²) >= 11 is 0. The molecule has 1 aliphatic heterocycles. The quantitative estimate of drug-likeness (QED) is 0.920. The van der Waals surface area contributed by atoms with Crippen LogP contribution < -0.4 is 0 Å². The van der Waals surface area contributed by atoms with Gasteiger partial charge >= 0.3 is 5.97 Å². The molecular weight excluding hydrogens is 282 g/mol. The molecule has 0 aromatic heterocycles. The molecule has 0 radical (unpaired) electrons. The van der Waals surface area contributed by atoms with Crippen molar-refractivity contribution in [2.45, 2.75) is 37.7 Å². The highest BCUT2D eigenvalue weighted by Crippen LogP contribution is 2.50. The van der Waals surface area contributed by atoms with Crippen LogP contribution in [0.25, 0.3) is 0 Å². The van der Waals surface area contributed by atoms with Gasteiger partial charge in [0.15, 0.2) is 0 Å². The molecule has 22 heavy (non-hydrogen) atoms. The van der Waals surface area contributed by atoms with Gasteiger partial charge in [0.1, 0.15) is 0 Å². The van der Waals surface area contributed by atoms with Crippen LogP contribution in [0, 0.1) is 6.92 Å². The lowest BCUT2D eigenvalue weighted by Gasteiger charge is -2.35. The second-order valence-electron chi connectivity index (χ2n) is 6.24. The summed E-state index contributed by atoms with van der Waals surface area (Å²) in [5, 5.41) is 8.89. The third kappa shape index (κ3) is 2.73. The molecular formula is C17H21NO4. The van der Waals surface area contributed by atoms with Crippen molar-refractivity contribution in [2.75, 3.05) is 19.7 Å². The molecule has 1 amide bonds. The van der Waals surface area contributed by atoms with E-state index in [1.54, 1.807) is 4.90 Å². The largest absolute Gasteiger partial charge is 0.481 e. The lowest BCUT2D eigenvalue weighted by atomic mass is 9.90. The number of amides is 1. The molecule has 5 heteroatoms. The molecule has 1 atom stereocenters. The van der Waals surface area contributed by atoms with Crippen LogP contribution in [0.3, 0.4) is 0 Å². The fraction of sp³-hybridized carbons (Fsp3) is 0.529. The number of ether oxygens (including phenoxy) is 1. The van der Waals surface area contributed by atoms with E-state index in [0.717, 1.165) is 24.0 Å². The lowest BCUT2D eigenvalue weighted by Crippen LogP contribution is -2.49. The molecule has 1 aromatic rings. The Labute approximate surface area is 129 Å². The third-order valence-corrected chi connectivity index (χ3v) is 4.65. The van der Waals surface area contributed by atoms with E-state index in [2.05, 4.69) is 0 Å². The minimum absolute atomic E-state index is 0.0544. The summed E-state index contributed by atoms with van der Waals surface area (Å²) in [4.78, 5) is 25.6. The average Bonchev–Trinajstić information content (AvgIpc) is 3.28. The van der Waals surface area contributed by atoms with E-state index < -0.39 is 17.5 Å². The molecule has 1 aromatic carbocycles. The zero-order valence-electron chi connectivity index (χ0n) is 12.7. The van der Waals surface area contributed by atoms with Crippen molar-refractivity contribution < 1.29 is 19.4 Å². The van der Waals surface area contributed by atoms with E-state index in [4.69, 9.17) is 9.84 Å². The van der Waals surface area contributed by atoms with Crippen LogP contribution in [-0.2, 0) is 19.7 Å². The maximum Gasteiger partial charge on any atom is 0.306 e. The molecule has 3 rings (SSSR count). The van der Waals surface area contributed by atoms with E-state index in [1.807, 2.05) is 31.2 Å². The molecule has 1 heterocycles. The van der Waals surface area contributed by atoms with Crippen LogP contribution in [0.2, 0.25) is 0 Å². The van der Waals surface area contributed by atoms with Gasteiger partial charge in [-0.15, -0.1) is 0 Å². The van der Waals surface area contributed by atoms with Crippen LogP contribution in [0.1, 0.15) is 30.4 Å². The number of nitrogens with zero attached hydrogens (tertiary/aromatic N) is 1. The van der Waals surface area contributed by atoms with Gasteiger partial charge in [-0.25, -0.2) is 0 Å². The van der Waals surface area contributed by atoms with E-state index in [9.17, 15) is 9.59 Å². The van der Waals surface area contributed by atoms with Crippen LogP contribution in [0.5, 0.6) is 0 Å². The fourth-order valence-electron chi connectivity index (χ4n) is 3.36. The summed E-state index contributed by atoms with van der Waals surface area (Å²) in [5.74, 6) is -0.764. The van der Waals surface area contributed by atoms with E-state index >= 15 is 0 Å². The van der Waals surface area contributed by atoms with Crippen molar-refractivity contribution in [3.63, 3.8) is 0 Å². The van der Waals surface area contributed by atoms with Gasteiger partial charge in [-0.2, -0.15) is 0 Å². The van der Waals surface area contributed by atoms with Crippen molar-refractivity contribution in [3.8, 4) is 0 Å². The number of aliphatic carboxylic acids is 1. The number of carboxylic acid groups (broad SMARTS) is 1. The normalized spacial score (nSPS) is 23.1. The highest BCUT2D eigenvalue weighted by atomic mass is 16.5. The van der Waals surface area contributed by atoms with Crippen LogP contribution in [0.4, 0.5) is 0 Å². The van der Waals surface area contributed by atoms with E-state index in [1.165, 1.54) is 0 Å². The first-order chi connectivity index (χ1) is 10.5. The maximum atomic E-state index is 13.0. The van der Waals surface area contributed by atoms with Crippen molar-refractivity contribution in [3.05, 3.63) is 35.4 Å². The molecule has 2 fully saturated rings. The number of hydrogen-bond donors (Lipinski definition) is 1. The second kappa shape index (κ2) is 5.72. The Bertz CT molecular complexity index is 594. The fourth-order valence-corrected chi connectivity index (χ4v) is 3.36. The molecule has 5 nitrogen and oxygen atoms in total. The second-order valence-corrected chi connectivity index (χ2v) is 6.24. The molecule has 0 bridgehead atoms. The summed E-state index contributed by atoms with van der Waals surface area (Å²) in [6.07, 6.45) is 1.29. The Morgan fingerprint density at radius 2 is 2.09 bits per heavy atom. The van der Waals surface area contributed by atoms with E-state index in [0.29, 0.717) is 19.7 Å². The first kappa shape index (κ1) is 15.0. The predicted octanol–water partition coefficient (Wildman–Crippen LogP) is 1.73. The summed E-state index contributed by atoms with van der Waals surface area (Å²) < 4.78 is 5.46. The van der Waals surface area contributed by atoms with Gasteiger partial charge in [-0.3, -0.25) is 9.59 Å². The average molecular weight is 303 g/mol. The Hall–Kier alpha value is -1.88. The van der Waals surface area contributed by atoms with Gasteiger partial charge in [-0.1, -0.05) is 24.3 Å². The number of morpholine rings is 1. The predicted molar refractivity (Wildman–Crippen MR) is 80.7 cm³/mol. The Morgan fingerprint density at radius 3 is 2.73 bits per heavy atom. The summed E-state index contributed by atoms with van der Waals surface area (Å²) in [6.45, 7) is 3.37. The highest BCUT2D eigenvalue weighted by molar-refractivity contribution is 5.91. The maximum absolute atomic E-state index is 13.0. The van der Waals surface area contributed by atoms with E-state index in [-0.39, 0.29) is 12.3 Å². The van der Waals surface area contributed by atoms with Crippen molar-refractivity contribution >= 4 is 11.9 Å². The van der Waals surface area contributed by atoms with Gasteiger partial charge in [0.2, 0.25) is 5.91 Å². The smallest absolute Gasteiger partial charge is 0.306 e. The highest BCUT2D eigenvalue weighted by Gasteiger charge is 2.54. The molecule has 2 aliphatic rings.